The Morgan fingerprint density at radius 1 is 1.25 bits per heavy atom. The number of hydrogen-bond donors (Lipinski definition) is 1. The number of aromatic nitrogens is 3. The molecule has 150 valence electrons. The fourth-order valence-corrected chi connectivity index (χ4v) is 3.73. The second kappa shape index (κ2) is 8.60. The van der Waals surface area contributed by atoms with E-state index < -0.39 is 6.10 Å². The summed E-state index contributed by atoms with van der Waals surface area (Å²) in [6.07, 6.45) is 3.16. The molecule has 1 N–H and O–H groups in total. The SMILES string of the molecule is CCn1ncnc1CN1CCC(CNC(=O)C2COc3ccccc3O2)CC1. The van der Waals surface area contributed by atoms with Gasteiger partial charge < -0.3 is 14.8 Å². The largest absolute Gasteiger partial charge is 0.485 e. The lowest BCUT2D eigenvalue weighted by Gasteiger charge is -2.32. The van der Waals surface area contributed by atoms with Gasteiger partial charge in [0.2, 0.25) is 6.10 Å². The summed E-state index contributed by atoms with van der Waals surface area (Å²) in [7, 11) is 0. The maximum absolute atomic E-state index is 12.5. The van der Waals surface area contributed by atoms with Crippen molar-refractivity contribution in [2.45, 2.75) is 39.0 Å². The predicted octanol–water partition coefficient (Wildman–Crippen LogP) is 1.47. The second-order valence-corrected chi connectivity index (χ2v) is 7.32. The summed E-state index contributed by atoms with van der Waals surface area (Å²) in [5.41, 5.74) is 0. The maximum atomic E-state index is 12.5. The highest BCUT2D eigenvalue weighted by Crippen LogP contribution is 2.30. The number of piperidine rings is 1. The van der Waals surface area contributed by atoms with Gasteiger partial charge in [-0.25, -0.2) is 9.67 Å². The van der Waals surface area contributed by atoms with Gasteiger partial charge in [0.1, 0.15) is 18.8 Å². The number of carbonyl (C=O) groups excluding carboxylic acids is 1. The monoisotopic (exact) mass is 385 g/mol. The first-order chi connectivity index (χ1) is 13.7. The van der Waals surface area contributed by atoms with E-state index >= 15 is 0 Å². The molecule has 0 bridgehead atoms. The summed E-state index contributed by atoms with van der Waals surface area (Å²) < 4.78 is 13.3. The van der Waals surface area contributed by atoms with Gasteiger partial charge in [0.05, 0.1) is 6.54 Å². The summed E-state index contributed by atoms with van der Waals surface area (Å²) >= 11 is 0. The third-order valence-electron chi connectivity index (χ3n) is 5.43. The Hall–Kier alpha value is -2.61. The van der Waals surface area contributed by atoms with Crippen LogP contribution in [0.3, 0.4) is 0 Å². The number of likely N-dealkylation sites (tertiary alicyclic amines) is 1. The van der Waals surface area contributed by atoms with Crippen LogP contribution in [-0.2, 0) is 17.9 Å². The molecule has 0 saturated carbocycles. The van der Waals surface area contributed by atoms with E-state index in [9.17, 15) is 4.79 Å². The van der Waals surface area contributed by atoms with Crippen LogP contribution in [0.1, 0.15) is 25.6 Å². The number of para-hydroxylation sites is 2. The quantitative estimate of drug-likeness (QED) is 0.811. The number of nitrogens with one attached hydrogen (secondary N) is 1. The lowest BCUT2D eigenvalue weighted by atomic mass is 9.96. The van der Waals surface area contributed by atoms with E-state index in [1.54, 1.807) is 6.33 Å². The van der Waals surface area contributed by atoms with E-state index in [1.807, 2.05) is 28.9 Å². The molecule has 1 saturated heterocycles. The summed E-state index contributed by atoms with van der Waals surface area (Å²) in [6.45, 7) is 6.70. The minimum atomic E-state index is -0.588. The molecule has 3 heterocycles. The number of fused-ring (bicyclic) bond motifs is 1. The predicted molar refractivity (Wildman–Crippen MR) is 103 cm³/mol. The number of hydrogen-bond acceptors (Lipinski definition) is 6. The molecule has 4 rings (SSSR count). The molecule has 1 fully saturated rings. The van der Waals surface area contributed by atoms with E-state index in [2.05, 4.69) is 27.2 Å². The summed E-state index contributed by atoms with van der Waals surface area (Å²) in [5, 5.41) is 7.27. The van der Waals surface area contributed by atoms with Gasteiger partial charge in [-0.05, 0) is 50.9 Å². The molecule has 2 aromatic rings. The zero-order chi connectivity index (χ0) is 19.3. The Kier molecular flexibility index (Phi) is 5.76. The molecule has 0 aliphatic carbocycles. The van der Waals surface area contributed by atoms with Gasteiger partial charge in [-0.1, -0.05) is 12.1 Å². The molecule has 1 aromatic heterocycles. The van der Waals surface area contributed by atoms with Crippen LogP contribution in [-0.4, -0.2) is 57.9 Å². The van der Waals surface area contributed by atoms with Crippen molar-refractivity contribution in [3.63, 3.8) is 0 Å². The zero-order valence-corrected chi connectivity index (χ0v) is 16.2. The van der Waals surface area contributed by atoms with Crippen LogP contribution in [0.4, 0.5) is 0 Å². The zero-order valence-electron chi connectivity index (χ0n) is 16.2. The van der Waals surface area contributed by atoms with E-state index in [-0.39, 0.29) is 12.5 Å². The number of amides is 1. The standard InChI is InChI=1S/C20H27N5O3/c1-2-25-19(22-14-23-25)12-24-9-7-15(8-10-24)11-21-20(26)18-13-27-16-5-3-4-6-17(16)28-18/h3-6,14-15,18H,2,7-13H2,1H3,(H,21,26). The highest BCUT2D eigenvalue weighted by atomic mass is 16.6. The second-order valence-electron chi connectivity index (χ2n) is 7.32. The minimum absolute atomic E-state index is 0.104. The molecule has 2 aliphatic rings. The molecule has 1 aromatic carbocycles. The average molecular weight is 385 g/mol. The molecule has 2 aliphatic heterocycles. The van der Waals surface area contributed by atoms with Gasteiger partial charge >= 0.3 is 0 Å². The maximum Gasteiger partial charge on any atom is 0.264 e. The van der Waals surface area contributed by atoms with E-state index in [0.717, 1.165) is 44.8 Å². The first kappa shape index (κ1) is 18.7. The van der Waals surface area contributed by atoms with E-state index in [1.165, 1.54) is 0 Å². The third kappa shape index (κ3) is 4.27. The van der Waals surface area contributed by atoms with Crippen molar-refractivity contribution < 1.29 is 14.3 Å². The summed E-state index contributed by atoms with van der Waals surface area (Å²) in [5.74, 6) is 2.72. The normalized spacial score (nSPS) is 20.1. The minimum Gasteiger partial charge on any atom is -0.485 e. The lowest BCUT2D eigenvalue weighted by Crippen LogP contribution is -2.46. The molecule has 0 radical (unpaired) electrons. The molecule has 28 heavy (non-hydrogen) atoms. The van der Waals surface area contributed by atoms with Gasteiger partial charge in [0, 0.05) is 13.1 Å². The third-order valence-corrected chi connectivity index (χ3v) is 5.43. The smallest absolute Gasteiger partial charge is 0.264 e. The molecule has 1 amide bonds. The number of nitrogens with zero attached hydrogens (tertiary/aromatic N) is 4. The van der Waals surface area contributed by atoms with Crippen LogP contribution in [0.25, 0.3) is 0 Å². The molecule has 8 heteroatoms. The van der Waals surface area contributed by atoms with Crippen molar-refractivity contribution in [2.75, 3.05) is 26.2 Å². The summed E-state index contributed by atoms with van der Waals surface area (Å²) in [4.78, 5) is 19.2. The highest BCUT2D eigenvalue weighted by molar-refractivity contribution is 5.81. The van der Waals surface area contributed by atoms with Crippen molar-refractivity contribution in [3.05, 3.63) is 36.4 Å². The van der Waals surface area contributed by atoms with Crippen LogP contribution < -0.4 is 14.8 Å². The van der Waals surface area contributed by atoms with Crippen LogP contribution in [0.15, 0.2) is 30.6 Å². The van der Waals surface area contributed by atoms with Gasteiger partial charge in [-0.15, -0.1) is 0 Å². The van der Waals surface area contributed by atoms with Crippen LogP contribution in [0, 0.1) is 5.92 Å². The van der Waals surface area contributed by atoms with E-state index in [4.69, 9.17) is 9.47 Å². The van der Waals surface area contributed by atoms with Crippen LogP contribution in [0.2, 0.25) is 0 Å². The number of benzene rings is 1. The fourth-order valence-electron chi connectivity index (χ4n) is 3.73. The van der Waals surface area contributed by atoms with Crippen molar-refractivity contribution in [3.8, 4) is 11.5 Å². The van der Waals surface area contributed by atoms with Crippen molar-refractivity contribution in [2.24, 2.45) is 5.92 Å². The Morgan fingerprint density at radius 3 is 2.82 bits per heavy atom. The Labute approximate surface area is 164 Å². The molecule has 1 unspecified atom stereocenters. The van der Waals surface area contributed by atoms with Crippen LogP contribution in [0.5, 0.6) is 11.5 Å². The highest BCUT2D eigenvalue weighted by Gasteiger charge is 2.28. The molecule has 8 nitrogen and oxygen atoms in total. The molecule has 1 atom stereocenters. The van der Waals surface area contributed by atoms with E-state index in [0.29, 0.717) is 24.0 Å². The Balaban J connectivity index is 1.20. The van der Waals surface area contributed by atoms with Crippen LogP contribution >= 0.6 is 0 Å². The number of ether oxygens (including phenoxy) is 2. The van der Waals surface area contributed by atoms with Crippen molar-refractivity contribution in [1.82, 2.24) is 25.0 Å². The Morgan fingerprint density at radius 2 is 2.04 bits per heavy atom. The fraction of sp³-hybridized carbons (Fsp3) is 0.550. The number of carbonyl (C=O) groups is 1. The Bertz CT molecular complexity index is 801. The average Bonchev–Trinajstić information content (AvgIpc) is 3.19. The van der Waals surface area contributed by atoms with Gasteiger partial charge in [-0.2, -0.15) is 5.10 Å². The lowest BCUT2D eigenvalue weighted by molar-refractivity contribution is -0.130. The summed E-state index contributed by atoms with van der Waals surface area (Å²) in [6, 6.07) is 7.43. The first-order valence-corrected chi connectivity index (χ1v) is 9.98. The van der Waals surface area contributed by atoms with Crippen molar-refractivity contribution >= 4 is 5.91 Å². The molecule has 0 spiro atoms. The van der Waals surface area contributed by atoms with Gasteiger partial charge in [0.15, 0.2) is 11.5 Å². The molecular formula is C20H27N5O3. The van der Waals surface area contributed by atoms with Crippen molar-refractivity contribution in [1.29, 1.82) is 0 Å². The topological polar surface area (TPSA) is 81.5 Å². The number of rotatable bonds is 6. The number of aryl methyl sites for hydroxylation is 1. The molecular weight excluding hydrogens is 358 g/mol. The first-order valence-electron chi connectivity index (χ1n) is 9.98. The van der Waals surface area contributed by atoms with Gasteiger partial charge in [0.25, 0.3) is 5.91 Å². The van der Waals surface area contributed by atoms with Gasteiger partial charge in [-0.3, -0.25) is 9.69 Å².